The molecule has 110 valence electrons. The van der Waals surface area contributed by atoms with Crippen molar-refractivity contribution in [3.63, 3.8) is 0 Å². The second kappa shape index (κ2) is 5.66. The number of anilines is 1. The van der Waals surface area contributed by atoms with Crippen LogP contribution in [0.5, 0.6) is 0 Å². The number of nitrogens with one attached hydrogen (secondary N) is 1. The zero-order valence-corrected chi connectivity index (χ0v) is 12.6. The molecule has 0 aliphatic carbocycles. The number of hydrogen-bond acceptors (Lipinski definition) is 3. The summed E-state index contributed by atoms with van der Waals surface area (Å²) in [5.74, 6) is 0.182. The number of rotatable bonds is 3. The topological polar surface area (TPSA) is 55.1 Å². The monoisotopic (exact) mass is 312 g/mol. The summed E-state index contributed by atoms with van der Waals surface area (Å²) in [5.41, 5.74) is 3.06. The first-order chi connectivity index (χ1) is 10.5. The number of aromatic nitrogens is 1. The van der Waals surface area contributed by atoms with Crippen LogP contribution in [-0.2, 0) is 4.79 Å². The van der Waals surface area contributed by atoms with Crippen LogP contribution in [0.25, 0.3) is 22.6 Å². The van der Waals surface area contributed by atoms with E-state index in [0.29, 0.717) is 38.8 Å². The van der Waals surface area contributed by atoms with Crippen molar-refractivity contribution in [1.29, 1.82) is 0 Å². The van der Waals surface area contributed by atoms with Gasteiger partial charge in [-0.2, -0.15) is 0 Å². The van der Waals surface area contributed by atoms with Crippen LogP contribution in [0.1, 0.15) is 6.92 Å². The minimum absolute atomic E-state index is 0.244. The molecule has 0 atom stereocenters. The highest BCUT2D eigenvalue weighted by Crippen LogP contribution is 2.31. The molecule has 0 unspecified atom stereocenters. The standard InChI is InChI=1S/C17H13ClN2O2/c1-10(2)16(21)19-13-6-4-3-5-12(13)17-20-14-9-11(18)7-8-15(14)22-17/h3-9H,1H2,2H3,(H,19,21). The number of benzene rings is 2. The summed E-state index contributed by atoms with van der Waals surface area (Å²) in [6.07, 6.45) is 0. The fourth-order valence-electron chi connectivity index (χ4n) is 2.02. The number of hydrogen-bond donors (Lipinski definition) is 1. The third-order valence-electron chi connectivity index (χ3n) is 3.14. The molecule has 22 heavy (non-hydrogen) atoms. The Labute approximate surface area is 132 Å². The van der Waals surface area contributed by atoms with Gasteiger partial charge in [0.05, 0.1) is 11.3 Å². The predicted octanol–water partition coefficient (Wildman–Crippen LogP) is 4.66. The minimum atomic E-state index is -0.244. The first-order valence-electron chi connectivity index (χ1n) is 6.67. The lowest BCUT2D eigenvalue weighted by Crippen LogP contribution is -2.12. The highest BCUT2D eigenvalue weighted by Gasteiger charge is 2.14. The summed E-state index contributed by atoms with van der Waals surface area (Å²) in [6, 6.07) is 12.6. The van der Waals surface area contributed by atoms with E-state index in [1.807, 2.05) is 18.2 Å². The van der Waals surface area contributed by atoms with Gasteiger partial charge in [0.2, 0.25) is 5.89 Å². The number of oxazole rings is 1. The highest BCUT2D eigenvalue weighted by molar-refractivity contribution is 6.31. The molecule has 0 radical (unpaired) electrons. The van der Waals surface area contributed by atoms with Crippen molar-refractivity contribution < 1.29 is 9.21 Å². The highest BCUT2D eigenvalue weighted by atomic mass is 35.5. The van der Waals surface area contributed by atoms with Crippen molar-refractivity contribution in [3.05, 3.63) is 59.6 Å². The first-order valence-corrected chi connectivity index (χ1v) is 7.05. The van der Waals surface area contributed by atoms with Crippen LogP contribution in [0, 0.1) is 0 Å². The van der Waals surface area contributed by atoms with Crippen molar-refractivity contribution in [2.75, 3.05) is 5.32 Å². The predicted molar refractivity (Wildman–Crippen MR) is 87.9 cm³/mol. The number of carbonyl (C=O) groups is 1. The SMILES string of the molecule is C=C(C)C(=O)Nc1ccccc1-c1nc2cc(Cl)ccc2o1. The fourth-order valence-corrected chi connectivity index (χ4v) is 2.19. The molecule has 1 amide bonds. The smallest absolute Gasteiger partial charge is 0.250 e. The van der Waals surface area contributed by atoms with Crippen molar-refractivity contribution in [1.82, 2.24) is 4.98 Å². The minimum Gasteiger partial charge on any atom is -0.436 e. The van der Waals surface area contributed by atoms with Crippen LogP contribution in [0.2, 0.25) is 5.02 Å². The molecule has 2 aromatic carbocycles. The van der Waals surface area contributed by atoms with Gasteiger partial charge in [-0.05, 0) is 37.3 Å². The van der Waals surface area contributed by atoms with Gasteiger partial charge < -0.3 is 9.73 Å². The number of carbonyl (C=O) groups excluding carboxylic acids is 1. The summed E-state index contributed by atoms with van der Waals surface area (Å²) in [6.45, 7) is 5.28. The molecule has 0 saturated carbocycles. The Morgan fingerprint density at radius 3 is 2.82 bits per heavy atom. The normalized spacial score (nSPS) is 10.6. The van der Waals surface area contributed by atoms with Crippen LogP contribution in [-0.4, -0.2) is 10.9 Å². The Bertz CT molecular complexity index is 883. The van der Waals surface area contributed by atoms with Crippen LogP contribution in [0.3, 0.4) is 0 Å². The maximum atomic E-state index is 11.8. The molecule has 0 fully saturated rings. The van der Waals surface area contributed by atoms with Gasteiger partial charge >= 0.3 is 0 Å². The third kappa shape index (κ3) is 2.73. The molecule has 0 aliphatic rings. The van der Waals surface area contributed by atoms with Gasteiger partial charge in [-0.1, -0.05) is 30.3 Å². The second-order valence-corrected chi connectivity index (χ2v) is 5.35. The number of fused-ring (bicyclic) bond motifs is 1. The molecule has 5 heteroatoms. The molecule has 1 heterocycles. The van der Waals surface area contributed by atoms with E-state index in [2.05, 4.69) is 16.9 Å². The van der Waals surface area contributed by atoms with Crippen molar-refractivity contribution >= 4 is 34.3 Å². The molecule has 0 bridgehead atoms. The molecular weight excluding hydrogens is 300 g/mol. The van der Waals surface area contributed by atoms with Crippen LogP contribution >= 0.6 is 11.6 Å². The lowest BCUT2D eigenvalue weighted by atomic mass is 10.1. The molecule has 3 aromatic rings. The van der Waals surface area contributed by atoms with Gasteiger partial charge in [0.15, 0.2) is 5.58 Å². The fraction of sp³-hybridized carbons (Fsp3) is 0.0588. The molecular formula is C17H13ClN2O2. The average Bonchev–Trinajstić information content (AvgIpc) is 2.90. The number of halogens is 1. The van der Waals surface area contributed by atoms with E-state index in [-0.39, 0.29) is 5.91 Å². The van der Waals surface area contributed by atoms with E-state index < -0.39 is 0 Å². The summed E-state index contributed by atoms with van der Waals surface area (Å²) in [5, 5.41) is 3.39. The van der Waals surface area contributed by atoms with E-state index in [1.165, 1.54) is 0 Å². The van der Waals surface area contributed by atoms with E-state index in [1.54, 1.807) is 31.2 Å². The van der Waals surface area contributed by atoms with Gasteiger partial charge in [-0.25, -0.2) is 4.98 Å². The second-order valence-electron chi connectivity index (χ2n) is 4.91. The van der Waals surface area contributed by atoms with Gasteiger partial charge in [-0.3, -0.25) is 4.79 Å². The third-order valence-corrected chi connectivity index (χ3v) is 3.38. The molecule has 0 aliphatic heterocycles. The number of para-hydroxylation sites is 1. The summed E-state index contributed by atoms with van der Waals surface area (Å²) < 4.78 is 5.75. The lowest BCUT2D eigenvalue weighted by Gasteiger charge is -2.08. The number of nitrogens with zero attached hydrogens (tertiary/aromatic N) is 1. The Kier molecular flexibility index (Phi) is 3.69. The van der Waals surface area contributed by atoms with Crippen molar-refractivity contribution in [2.24, 2.45) is 0 Å². The number of amides is 1. The summed E-state index contributed by atoms with van der Waals surface area (Å²) >= 11 is 5.96. The summed E-state index contributed by atoms with van der Waals surface area (Å²) in [7, 11) is 0. The molecule has 1 aromatic heterocycles. The Hall–Kier alpha value is -2.59. The maximum Gasteiger partial charge on any atom is 0.250 e. The maximum absolute atomic E-state index is 11.8. The van der Waals surface area contributed by atoms with Gasteiger partial charge in [-0.15, -0.1) is 0 Å². The van der Waals surface area contributed by atoms with Crippen LogP contribution < -0.4 is 5.32 Å². The van der Waals surface area contributed by atoms with Crippen molar-refractivity contribution in [2.45, 2.75) is 6.92 Å². The van der Waals surface area contributed by atoms with E-state index in [0.717, 1.165) is 0 Å². The van der Waals surface area contributed by atoms with Crippen molar-refractivity contribution in [3.8, 4) is 11.5 Å². The quantitative estimate of drug-likeness (QED) is 0.715. The van der Waals surface area contributed by atoms with E-state index in [9.17, 15) is 4.79 Å². The van der Waals surface area contributed by atoms with E-state index >= 15 is 0 Å². The van der Waals surface area contributed by atoms with Gasteiger partial charge in [0.25, 0.3) is 5.91 Å². The molecule has 0 spiro atoms. The zero-order valence-electron chi connectivity index (χ0n) is 11.9. The lowest BCUT2D eigenvalue weighted by molar-refractivity contribution is -0.112. The molecule has 4 nitrogen and oxygen atoms in total. The zero-order chi connectivity index (χ0) is 15.7. The Morgan fingerprint density at radius 1 is 1.27 bits per heavy atom. The van der Waals surface area contributed by atoms with Crippen LogP contribution in [0.15, 0.2) is 59.0 Å². The average molecular weight is 313 g/mol. The van der Waals surface area contributed by atoms with Crippen LogP contribution in [0.4, 0.5) is 5.69 Å². The molecule has 0 saturated heterocycles. The van der Waals surface area contributed by atoms with Gasteiger partial charge in [0.1, 0.15) is 5.52 Å². The Morgan fingerprint density at radius 2 is 2.05 bits per heavy atom. The van der Waals surface area contributed by atoms with Gasteiger partial charge in [0, 0.05) is 10.6 Å². The molecule has 1 N–H and O–H groups in total. The largest absolute Gasteiger partial charge is 0.436 e. The molecule has 3 rings (SSSR count). The summed E-state index contributed by atoms with van der Waals surface area (Å²) in [4.78, 5) is 16.3. The first kappa shape index (κ1) is 14.4. The Balaban J connectivity index is 2.06. The van der Waals surface area contributed by atoms with E-state index in [4.69, 9.17) is 16.0 Å².